The van der Waals surface area contributed by atoms with Crippen molar-refractivity contribution in [2.24, 2.45) is 0 Å². The summed E-state index contributed by atoms with van der Waals surface area (Å²) < 4.78 is 4.17. The maximum Gasteiger partial charge on any atom is 0.506 e. The Hall–Kier alpha value is 0.0362. The van der Waals surface area contributed by atoms with Crippen LogP contribution in [0, 0.1) is 0 Å². The minimum Gasteiger partial charge on any atom is -0.450 e. The Morgan fingerprint density at radius 2 is 2.00 bits per heavy atom. The van der Waals surface area contributed by atoms with Crippen molar-refractivity contribution in [3.8, 4) is 0 Å². The van der Waals surface area contributed by atoms with Gasteiger partial charge in [0.2, 0.25) is 0 Å². The molecule has 0 fully saturated rings. The van der Waals surface area contributed by atoms with Crippen molar-refractivity contribution in [2.45, 2.75) is 20.0 Å². The topological polar surface area (TPSA) is 46.5 Å². The summed E-state index contributed by atoms with van der Waals surface area (Å²) in [5.74, 6) is 0. The molecule has 1 N–H and O–H groups in total. The van der Waals surface area contributed by atoms with Crippen LogP contribution in [0.2, 0.25) is 0 Å². The molecule has 0 heterocycles. The molecule has 0 aliphatic rings. The zero-order valence-electron chi connectivity index (χ0n) is 4.34. The highest BCUT2D eigenvalue weighted by Gasteiger charge is 1.97. The average Bonchev–Trinajstić information content (AvgIpc) is 1.27. The van der Waals surface area contributed by atoms with Gasteiger partial charge in [0.1, 0.15) is 0 Å². The van der Waals surface area contributed by atoms with E-state index < -0.39 is 6.16 Å². The van der Waals surface area contributed by atoms with E-state index in [-0.39, 0.29) is 29.2 Å². The molecule has 0 aliphatic carbocycles. The summed E-state index contributed by atoms with van der Waals surface area (Å²) in [6.07, 6.45) is -1.44. The summed E-state index contributed by atoms with van der Waals surface area (Å²) in [4.78, 5) is 9.59. The molecular weight excluding hydrogens is 120 g/mol. The number of carboxylic acid groups (broad SMARTS) is 1. The molecule has 0 atom stereocenters. The third kappa shape index (κ3) is 9.40. The average molecular weight is 130 g/mol. The largest absolute Gasteiger partial charge is 0.506 e. The molecule has 0 aromatic heterocycles. The van der Waals surface area contributed by atoms with E-state index in [1.165, 1.54) is 0 Å². The van der Waals surface area contributed by atoms with E-state index in [0.717, 1.165) is 0 Å². The van der Waals surface area contributed by atoms with Crippen molar-refractivity contribution in [1.29, 1.82) is 0 Å². The molecule has 0 bridgehead atoms. The zero-order chi connectivity index (χ0) is 5.86. The summed E-state index contributed by atoms with van der Waals surface area (Å²) in [5, 5.41) is 7.86. The Bertz CT molecular complexity index is 71.7. The highest BCUT2D eigenvalue weighted by molar-refractivity contribution is 5.75. The third-order valence-corrected chi connectivity index (χ3v) is 0.337. The van der Waals surface area contributed by atoms with E-state index in [2.05, 4.69) is 4.74 Å². The van der Waals surface area contributed by atoms with Crippen LogP contribution >= 0.6 is 0 Å². The van der Waals surface area contributed by atoms with E-state index >= 15 is 0 Å². The first-order chi connectivity index (χ1) is 3.13. The van der Waals surface area contributed by atoms with Crippen molar-refractivity contribution in [1.82, 2.24) is 0 Å². The fourth-order valence-electron chi connectivity index (χ4n) is 0.202. The molecule has 0 aliphatic heterocycles. The first-order valence-electron chi connectivity index (χ1n) is 2.02. The van der Waals surface area contributed by atoms with Gasteiger partial charge >= 0.3 is 29.2 Å². The van der Waals surface area contributed by atoms with Crippen LogP contribution in [0.4, 0.5) is 4.79 Å². The van der Waals surface area contributed by atoms with Crippen LogP contribution in [0.15, 0.2) is 0 Å². The lowest BCUT2D eigenvalue weighted by Crippen LogP contribution is -2.07. The Kier molecular flexibility index (Phi) is 7.07. The molecule has 0 radical (unpaired) electrons. The Morgan fingerprint density at radius 3 is 2.00 bits per heavy atom. The maximum absolute atomic E-state index is 9.59. The molecule has 0 spiro atoms. The lowest BCUT2D eigenvalue weighted by atomic mass is 10.5. The summed E-state index contributed by atoms with van der Waals surface area (Å²) in [6.45, 7) is 3.32. The summed E-state index contributed by atoms with van der Waals surface area (Å²) in [7, 11) is 0. The van der Waals surface area contributed by atoms with Gasteiger partial charge < -0.3 is 9.84 Å². The van der Waals surface area contributed by atoms with E-state index in [0.29, 0.717) is 0 Å². The van der Waals surface area contributed by atoms with Crippen molar-refractivity contribution in [2.75, 3.05) is 0 Å². The van der Waals surface area contributed by atoms with Crippen LogP contribution in [0.5, 0.6) is 0 Å². The molecule has 0 unspecified atom stereocenters. The number of hydrogen-bond donors (Lipinski definition) is 1. The number of hydrogen-bond acceptors (Lipinski definition) is 2. The SMILES string of the molecule is CC(C)OC(=O)O.[MgH2]. The minimum absolute atomic E-state index is 0. The Morgan fingerprint density at radius 1 is 1.62 bits per heavy atom. The first-order valence-corrected chi connectivity index (χ1v) is 2.02. The summed E-state index contributed by atoms with van der Waals surface area (Å²) in [6, 6.07) is 0. The van der Waals surface area contributed by atoms with Gasteiger partial charge in [0, 0.05) is 0 Å². The summed E-state index contributed by atoms with van der Waals surface area (Å²) in [5.41, 5.74) is 0. The molecule has 4 heteroatoms. The molecule has 0 amide bonds. The van der Waals surface area contributed by atoms with Crippen LogP contribution in [0.25, 0.3) is 0 Å². The fraction of sp³-hybridized carbons (Fsp3) is 0.750. The molecule has 0 aromatic rings. The van der Waals surface area contributed by atoms with E-state index in [9.17, 15) is 4.79 Å². The van der Waals surface area contributed by atoms with Crippen LogP contribution < -0.4 is 0 Å². The fourth-order valence-corrected chi connectivity index (χ4v) is 0.202. The van der Waals surface area contributed by atoms with E-state index in [1.807, 2.05) is 0 Å². The number of rotatable bonds is 1. The highest BCUT2D eigenvalue weighted by Crippen LogP contribution is 1.85. The standard InChI is InChI=1S/C4H8O3.Mg.2H/c1-3(2)7-4(5)6;;;/h3H,1-2H3,(H,5,6);;;. The lowest BCUT2D eigenvalue weighted by molar-refractivity contribution is 0.0660. The second-order valence-corrected chi connectivity index (χ2v) is 1.43. The van der Waals surface area contributed by atoms with Crippen LogP contribution in [-0.4, -0.2) is 40.4 Å². The van der Waals surface area contributed by atoms with Gasteiger partial charge in [-0.25, -0.2) is 4.79 Å². The van der Waals surface area contributed by atoms with Crippen molar-refractivity contribution in [3.63, 3.8) is 0 Å². The van der Waals surface area contributed by atoms with Crippen molar-refractivity contribution < 1.29 is 14.6 Å². The maximum atomic E-state index is 9.59. The third-order valence-electron chi connectivity index (χ3n) is 0.337. The number of ether oxygens (including phenoxy) is 1. The normalized spacial score (nSPS) is 7.88. The minimum atomic E-state index is -1.21. The zero-order valence-corrected chi connectivity index (χ0v) is 4.34. The van der Waals surface area contributed by atoms with Crippen LogP contribution in [-0.2, 0) is 4.74 Å². The smallest absolute Gasteiger partial charge is 0.450 e. The molecule has 3 nitrogen and oxygen atoms in total. The van der Waals surface area contributed by atoms with Crippen LogP contribution in [0.3, 0.4) is 0 Å². The van der Waals surface area contributed by atoms with Crippen LogP contribution in [0.1, 0.15) is 13.8 Å². The molecule has 0 saturated carbocycles. The second kappa shape index (κ2) is 5.18. The predicted molar refractivity (Wildman–Crippen MR) is 32.8 cm³/mol. The Balaban J connectivity index is 0. The molecule has 46 valence electrons. The van der Waals surface area contributed by atoms with Crippen molar-refractivity contribution >= 4 is 29.2 Å². The van der Waals surface area contributed by atoms with Gasteiger partial charge in [0.15, 0.2) is 0 Å². The van der Waals surface area contributed by atoms with Gasteiger partial charge in [-0.05, 0) is 13.8 Å². The van der Waals surface area contributed by atoms with Gasteiger partial charge in [-0.1, -0.05) is 0 Å². The Labute approximate surface area is 64.2 Å². The van der Waals surface area contributed by atoms with E-state index in [1.54, 1.807) is 13.8 Å². The van der Waals surface area contributed by atoms with E-state index in [4.69, 9.17) is 5.11 Å². The van der Waals surface area contributed by atoms with Gasteiger partial charge in [0.05, 0.1) is 6.10 Å². The quantitative estimate of drug-likeness (QED) is 0.407. The number of carbonyl (C=O) groups is 1. The molecular formula is C4H10MgO3. The van der Waals surface area contributed by atoms with Crippen molar-refractivity contribution in [3.05, 3.63) is 0 Å². The van der Waals surface area contributed by atoms with Gasteiger partial charge in [0.25, 0.3) is 0 Å². The molecule has 0 rings (SSSR count). The van der Waals surface area contributed by atoms with Gasteiger partial charge in [-0.3, -0.25) is 0 Å². The second-order valence-electron chi connectivity index (χ2n) is 1.43. The monoisotopic (exact) mass is 130 g/mol. The predicted octanol–water partition coefficient (Wildman–Crippen LogP) is 0.173. The summed E-state index contributed by atoms with van der Waals surface area (Å²) >= 11 is 0. The lowest BCUT2D eigenvalue weighted by Gasteiger charge is -1.99. The van der Waals surface area contributed by atoms with Gasteiger partial charge in [-0.15, -0.1) is 0 Å². The molecule has 0 aromatic carbocycles. The van der Waals surface area contributed by atoms with Gasteiger partial charge in [-0.2, -0.15) is 0 Å². The molecule has 0 saturated heterocycles. The molecule has 8 heavy (non-hydrogen) atoms. The highest BCUT2D eigenvalue weighted by atomic mass is 24.3. The first kappa shape index (κ1) is 10.9.